The fourth-order valence-corrected chi connectivity index (χ4v) is 4.61. The van der Waals surface area contributed by atoms with Crippen LogP contribution >= 0.6 is 11.3 Å². The summed E-state index contributed by atoms with van der Waals surface area (Å²) >= 11 is 1.65. The molecule has 2 heterocycles. The number of guanidine groups is 1. The fourth-order valence-electron chi connectivity index (χ4n) is 2.46. The third-order valence-corrected chi connectivity index (χ3v) is 6.50. The van der Waals surface area contributed by atoms with Gasteiger partial charge in [-0.15, -0.1) is 11.3 Å². The molecule has 9 heteroatoms. The molecule has 0 aliphatic carbocycles. The van der Waals surface area contributed by atoms with Gasteiger partial charge in [0.05, 0.1) is 23.7 Å². The van der Waals surface area contributed by atoms with E-state index in [0.717, 1.165) is 36.3 Å². The Morgan fingerprint density at radius 2 is 2.08 bits per heavy atom. The molecule has 0 spiro atoms. The molecule has 1 aliphatic heterocycles. The van der Waals surface area contributed by atoms with E-state index >= 15 is 0 Å². The van der Waals surface area contributed by atoms with Crippen LogP contribution in [0.4, 0.5) is 0 Å². The molecule has 7 nitrogen and oxygen atoms in total. The van der Waals surface area contributed by atoms with E-state index < -0.39 is 9.84 Å². The maximum Gasteiger partial charge on any atom is 0.191 e. The number of thiazole rings is 1. The minimum Gasteiger partial charge on any atom is -0.357 e. The van der Waals surface area contributed by atoms with E-state index in [2.05, 4.69) is 44.7 Å². The first-order valence-corrected chi connectivity index (χ1v) is 11.5. The zero-order valence-electron chi connectivity index (χ0n) is 15.3. The van der Waals surface area contributed by atoms with Crippen molar-refractivity contribution in [2.45, 2.75) is 33.2 Å². The SMILES string of the molecule is CCNC(=NCc1nc(C(C)C)cs1)NCCN1CCS(=O)(=O)CC1. The van der Waals surface area contributed by atoms with Gasteiger partial charge in [0.25, 0.3) is 0 Å². The first-order chi connectivity index (χ1) is 11.9. The van der Waals surface area contributed by atoms with E-state index in [1.54, 1.807) is 11.3 Å². The van der Waals surface area contributed by atoms with E-state index in [1.807, 2.05) is 6.92 Å². The molecular formula is C16H29N5O2S2. The highest BCUT2D eigenvalue weighted by Gasteiger charge is 2.20. The molecule has 0 atom stereocenters. The standard InChI is InChI=1S/C16H29N5O2S2/c1-4-17-16(19-11-15-20-14(12-24-15)13(2)3)18-5-6-21-7-9-25(22,23)10-8-21/h12-13H,4-11H2,1-3H3,(H2,17,18,19). The van der Waals surface area contributed by atoms with Gasteiger partial charge in [-0.05, 0) is 12.8 Å². The quantitative estimate of drug-likeness (QED) is 0.537. The Morgan fingerprint density at radius 3 is 2.68 bits per heavy atom. The van der Waals surface area contributed by atoms with Crippen molar-refractivity contribution < 1.29 is 8.42 Å². The smallest absolute Gasteiger partial charge is 0.191 e. The number of aliphatic imine (C=N–C) groups is 1. The summed E-state index contributed by atoms with van der Waals surface area (Å²) in [6.45, 7) is 10.5. The van der Waals surface area contributed by atoms with Gasteiger partial charge in [0.1, 0.15) is 5.01 Å². The first kappa shape index (κ1) is 20.1. The molecule has 1 fully saturated rings. The van der Waals surface area contributed by atoms with E-state index in [1.165, 1.54) is 0 Å². The van der Waals surface area contributed by atoms with Crippen LogP contribution in [-0.4, -0.2) is 68.5 Å². The second-order valence-electron chi connectivity index (χ2n) is 6.44. The number of rotatable bonds is 7. The highest BCUT2D eigenvalue weighted by Crippen LogP contribution is 2.18. The molecule has 0 radical (unpaired) electrons. The molecule has 1 saturated heterocycles. The van der Waals surface area contributed by atoms with Crippen molar-refractivity contribution >= 4 is 27.1 Å². The molecule has 25 heavy (non-hydrogen) atoms. The van der Waals surface area contributed by atoms with Gasteiger partial charge >= 0.3 is 0 Å². The number of aromatic nitrogens is 1. The van der Waals surface area contributed by atoms with Crippen LogP contribution < -0.4 is 10.6 Å². The molecule has 0 unspecified atom stereocenters. The molecule has 2 N–H and O–H groups in total. The lowest BCUT2D eigenvalue weighted by molar-refractivity contribution is 0.299. The largest absolute Gasteiger partial charge is 0.357 e. The van der Waals surface area contributed by atoms with Crippen LogP contribution in [0.5, 0.6) is 0 Å². The van der Waals surface area contributed by atoms with Gasteiger partial charge in [-0.2, -0.15) is 0 Å². The van der Waals surface area contributed by atoms with Crippen molar-refractivity contribution in [3.63, 3.8) is 0 Å². The molecule has 0 amide bonds. The third-order valence-electron chi connectivity index (χ3n) is 4.04. The number of hydrogen-bond donors (Lipinski definition) is 2. The summed E-state index contributed by atoms with van der Waals surface area (Å²) in [5.74, 6) is 1.74. The molecule has 0 saturated carbocycles. The van der Waals surface area contributed by atoms with Gasteiger partial charge in [-0.25, -0.2) is 18.4 Å². The Balaban J connectivity index is 1.79. The van der Waals surface area contributed by atoms with Crippen LogP contribution in [0.25, 0.3) is 0 Å². The number of nitrogens with one attached hydrogen (secondary N) is 2. The second kappa shape index (κ2) is 9.49. The van der Waals surface area contributed by atoms with E-state index in [-0.39, 0.29) is 11.5 Å². The highest BCUT2D eigenvalue weighted by atomic mass is 32.2. The van der Waals surface area contributed by atoms with Crippen LogP contribution in [-0.2, 0) is 16.4 Å². The zero-order valence-corrected chi connectivity index (χ0v) is 16.9. The Kier molecular flexibility index (Phi) is 7.64. The fraction of sp³-hybridized carbons (Fsp3) is 0.750. The first-order valence-electron chi connectivity index (χ1n) is 8.79. The molecule has 1 aromatic rings. The average Bonchev–Trinajstić information content (AvgIpc) is 3.03. The summed E-state index contributed by atoms with van der Waals surface area (Å²) in [6.07, 6.45) is 0. The maximum absolute atomic E-state index is 11.5. The summed E-state index contributed by atoms with van der Waals surface area (Å²) < 4.78 is 22.9. The van der Waals surface area contributed by atoms with Crippen molar-refractivity contribution in [2.75, 3.05) is 44.2 Å². The Morgan fingerprint density at radius 1 is 1.36 bits per heavy atom. The van der Waals surface area contributed by atoms with Gasteiger partial charge in [0, 0.05) is 38.1 Å². The normalized spacial score (nSPS) is 18.5. The van der Waals surface area contributed by atoms with Gasteiger partial charge in [-0.1, -0.05) is 13.8 Å². The summed E-state index contributed by atoms with van der Waals surface area (Å²) in [5.41, 5.74) is 1.12. The number of sulfone groups is 1. The highest BCUT2D eigenvalue weighted by molar-refractivity contribution is 7.91. The van der Waals surface area contributed by atoms with Crippen molar-refractivity contribution in [1.82, 2.24) is 20.5 Å². The Hall–Kier alpha value is -1.19. The predicted octanol–water partition coefficient (Wildman–Crippen LogP) is 1.05. The van der Waals surface area contributed by atoms with Crippen LogP contribution in [0, 0.1) is 0 Å². The minimum absolute atomic E-state index is 0.267. The van der Waals surface area contributed by atoms with Crippen LogP contribution in [0.3, 0.4) is 0 Å². The van der Waals surface area contributed by atoms with Gasteiger partial charge in [0.2, 0.25) is 0 Å². The van der Waals surface area contributed by atoms with Gasteiger partial charge < -0.3 is 10.6 Å². The zero-order chi connectivity index (χ0) is 18.3. The minimum atomic E-state index is -2.81. The van der Waals surface area contributed by atoms with Crippen LogP contribution in [0.15, 0.2) is 10.4 Å². The maximum atomic E-state index is 11.5. The van der Waals surface area contributed by atoms with Crippen molar-refractivity contribution in [3.05, 3.63) is 16.1 Å². The molecular weight excluding hydrogens is 358 g/mol. The van der Waals surface area contributed by atoms with E-state index in [4.69, 9.17) is 0 Å². The number of hydrogen-bond acceptors (Lipinski definition) is 6. The van der Waals surface area contributed by atoms with Crippen LogP contribution in [0.1, 0.15) is 37.4 Å². The average molecular weight is 388 g/mol. The summed E-state index contributed by atoms with van der Waals surface area (Å²) in [7, 11) is -2.81. The van der Waals surface area contributed by atoms with E-state index in [9.17, 15) is 8.42 Å². The molecule has 1 aromatic heterocycles. The Labute approximate surface area is 154 Å². The van der Waals surface area contributed by atoms with E-state index in [0.29, 0.717) is 25.6 Å². The summed E-state index contributed by atoms with van der Waals surface area (Å²) in [6, 6.07) is 0. The lowest BCUT2D eigenvalue weighted by atomic mass is 10.2. The lowest BCUT2D eigenvalue weighted by Crippen LogP contribution is -2.45. The topological polar surface area (TPSA) is 86.7 Å². The molecule has 0 aromatic carbocycles. The molecule has 142 valence electrons. The summed E-state index contributed by atoms with van der Waals surface area (Å²) in [5, 5.41) is 9.66. The van der Waals surface area contributed by atoms with Crippen LogP contribution in [0.2, 0.25) is 0 Å². The van der Waals surface area contributed by atoms with Crippen molar-refractivity contribution in [3.8, 4) is 0 Å². The van der Waals surface area contributed by atoms with Crippen molar-refractivity contribution in [2.24, 2.45) is 4.99 Å². The second-order valence-corrected chi connectivity index (χ2v) is 9.68. The molecule has 1 aliphatic rings. The third kappa shape index (κ3) is 6.91. The number of nitrogens with zero attached hydrogens (tertiary/aromatic N) is 3. The van der Waals surface area contributed by atoms with Crippen molar-refractivity contribution in [1.29, 1.82) is 0 Å². The monoisotopic (exact) mass is 387 g/mol. The predicted molar refractivity (Wildman–Crippen MR) is 104 cm³/mol. The van der Waals surface area contributed by atoms with Gasteiger partial charge in [-0.3, -0.25) is 4.90 Å². The Bertz CT molecular complexity index is 656. The summed E-state index contributed by atoms with van der Waals surface area (Å²) in [4.78, 5) is 11.4. The van der Waals surface area contributed by atoms with Gasteiger partial charge in [0.15, 0.2) is 15.8 Å². The lowest BCUT2D eigenvalue weighted by Gasteiger charge is -2.26. The molecule has 0 bridgehead atoms. The molecule has 2 rings (SSSR count).